The standard InChI is InChI=1S/C16H10INO3/c17-11-6-7-13(19)12(9-11)16(20)21-14-5-1-3-10-4-2-8-18-15(10)14/h1-9,19H. The van der Waals surface area contributed by atoms with Crippen LogP contribution >= 0.6 is 22.6 Å². The van der Waals surface area contributed by atoms with E-state index in [9.17, 15) is 9.90 Å². The monoisotopic (exact) mass is 391 g/mol. The van der Waals surface area contributed by atoms with Crippen molar-refractivity contribution in [2.45, 2.75) is 0 Å². The molecule has 1 N–H and O–H groups in total. The molecule has 0 aliphatic carbocycles. The van der Waals surface area contributed by atoms with Crippen LogP contribution in [0.4, 0.5) is 0 Å². The predicted octanol–water partition coefficient (Wildman–Crippen LogP) is 3.76. The molecule has 104 valence electrons. The summed E-state index contributed by atoms with van der Waals surface area (Å²) < 4.78 is 6.23. The van der Waals surface area contributed by atoms with E-state index in [1.807, 2.05) is 18.2 Å². The third-order valence-corrected chi connectivity index (χ3v) is 3.65. The number of pyridine rings is 1. The molecular formula is C16H10INO3. The van der Waals surface area contributed by atoms with E-state index in [0.29, 0.717) is 11.3 Å². The van der Waals surface area contributed by atoms with Crippen LogP contribution in [0.5, 0.6) is 11.5 Å². The summed E-state index contributed by atoms with van der Waals surface area (Å²) in [6.45, 7) is 0. The molecule has 0 fully saturated rings. The maximum Gasteiger partial charge on any atom is 0.347 e. The molecule has 0 bridgehead atoms. The van der Waals surface area contributed by atoms with Gasteiger partial charge < -0.3 is 9.84 Å². The molecule has 3 rings (SSSR count). The Bertz CT molecular complexity index is 827. The summed E-state index contributed by atoms with van der Waals surface area (Å²) in [6.07, 6.45) is 1.64. The molecule has 0 saturated carbocycles. The van der Waals surface area contributed by atoms with Crippen LogP contribution in [0.1, 0.15) is 10.4 Å². The molecule has 0 aliphatic heterocycles. The number of hydrogen-bond acceptors (Lipinski definition) is 4. The fourth-order valence-corrected chi connectivity index (χ4v) is 2.48. The molecule has 3 aromatic rings. The number of esters is 1. The quantitative estimate of drug-likeness (QED) is 0.411. The highest BCUT2D eigenvalue weighted by atomic mass is 127. The fraction of sp³-hybridized carbons (Fsp3) is 0. The summed E-state index contributed by atoms with van der Waals surface area (Å²) in [7, 11) is 0. The van der Waals surface area contributed by atoms with Crippen molar-refractivity contribution in [2.75, 3.05) is 0 Å². The van der Waals surface area contributed by atoms with Gasteiger partial charge in [0.15, 0.2) is 5.75 Å². The van der Waals surface area contributed by atoms with Crippen molar-refractivity contribution in [2.24, 2.45) is 0 Å². The van der Waals surface area contributed by atoms with Crippen molar-refractivity contribution in [3.05, 3.63) is 63.9 Å². The molecule has 0 aliphatic rings. The van der Waals surface area contributed by atoms with Crippen LogP contribution in [-0.2, 0) is 0 Å². The van der Waals surface area contributed by atoms with Crippen LogP contribution in [0, 0.1) is 3.57 Å². The molecule has 0 amide bonds. The second kappa shape index (κ2) is 5.69. The molecule has 0 spiro atoms. The second-order valence-corrected chi connectivity index (χ2v) is 5.63. The van der Waals surface area contributed by atoms with E-state index in [2.05, 4.69) is 27.6 Å². The summed E-state index contributed by atoms with van der Waals surface area (Å²) in [5, 5.41) is 10.7. The number of phenols is 1. The molecule has 2 aromatic carbocycles. The van der Waals surface area contributed by atoms with Crippen molar-refractivity contribution in [3.63, 3.8) is 0 Å². The Balaban J connectivity index is 1.99. The van der Waals surface area contributed by atoms with Crippen LogP contribution in [0.15, 0.2) is 54.7 Å². The van der Waals surface area contributed by atoms with Gasteiger partial charge in [-0.1, -0.05) is 18.2 Å². The van der Waals surface area contributed by atoms with Gasteiger partial charge in [0.2, 0.25) is 0 Å². The highest BCUT2D eigenvalue weighted by Gasteiger charge is 2.15. The predicted molar refractivity (Wildman–Crippen MR) is 87.5 cm³/mol. The summed E-state index contributed by atoms with van der Waals surface area (Å²) in [4.78, 5) is 16.4. The molecule has 1 aromatic heterocycles. The number of aromatic nitrogens is 1. The maximum absolute atomic E-state index is 12.2. The summed E-state index contributed by atoms with van der Waals surface area (Å²) in [5.74, 6) is -0.339. The first-order chi connectivity index (χ1) is 10.1. The second-order valence-electron chi connectivity index (χ2n) is 4.38. The number of hydrogen-bond donors (Lipinski definition) is 1. The zero-order valence-electron chi connectivity index (χ0n) is 10.8. The number of benzene rings is 2. The molecule has 4 nitrogen and oxygen atoms in total. The lowest BCUT2D eigenvalue weighted by atomic mass is 10.2. The van der Waals surface area contributed by atoms with Crippen molar-refractivity contribution in [1.29, 1.82) is 0 Å². The minimum atomic E-state index is -0.607. The largest absolute Gasteiger partial charge is 0.507 e. The molecule has 1 heterocycles. The van der Waals surface area contributed by atoms with E-state index >= 15 is 0 Å². The number of para-hydroxylation sites is 1. The lowest BCUT2D eigenvalue weighted by Crippen LogP contribution is -2.09. The molecule has 0 saturated heterocycles. The van der Waals surface area contributed by atoms with E-state index in [1.54, 1.807) is 30.5 Å². The first-order valence-electron chi connectivity index (χ1n) is 6.19. The van der Waals surface area contributed by atoms with Crippen molar-refractivity contribution in [3.8, 4) is 11.5 Å². The van der Waals surface area contributed by atoms with Crippen LogP contribution in [0.3, 0.4) is 0 Å². The fourth-order valence-electron chi connectivity index (χ4n) is 1.99. The molecule has 0 unspecified atom stereocenters. The zero-order chi connectivity index (χ0) is 14.8. The lowest BCUT2D eigenvalue weighted by molar-refractivity contribution is 0.0733. The smallest absolute Gasteiger partial charge is 0.347 e. The normalized spacial score (nSPS) is 10.5. The Morgan fingerprint density at radius 2 is 1.95 bits per heavy atom. The van der Waals surface area contributed by atoms with Crippen molar-refractivity contribution in [1.82, 2.24) is 4.98 Å². The maximum atomic E-state index is 12.2. The van der Waals surface area contributed by atoms with Gasteiger partial charge in [0.1, 0.15) is 16.8 Å². The third-order valence-electron chi connectivity index (χ3n) is 2.98. The van der Waals surface area contributed by atoms with Gasteiger partial charge >= 0.3 is 5.97 Å². The number of nitrogens with zero attached hydrogens (tertiary/aromatic N) is 1. The topological polar surface area (TPSA) is 59.4 Å². The third kappa shape index (κ3) is 2.82. The van der Waals surface area contributed by atoms with E-state index in [1.165, 1.54) is 6.07 Å². The first-order valence-corrected chi connectivity index (χ1v) is 7.27. The summed E-state index contributed by atoms with van der Waals surface area (Å²) in [6, 6.07) is 13.8. The van der Waals surface area contributed by atoms with Gasteiger partial charge in [0, 0.05) is 15.2 Å². The number of phenolic OH excluding ortho intramolecular Hbond substituents is 1. The van der Waals surface area contributed by atoms with Crippen LogP contribution in [0.25, 0.3) is 10.9 Å². The minimum absolute atomic E-state index is 0.103. The Labute approximate surface area is 134 Å². The average Bonchev–Trinajstić information content (AvgIpc) is 2.50. The average molecular weight is 391 g/mol. The Hall–Kier alpha value is -2.15. The Kier molecular flexibility index (Phi) is 3.74. The molecule has 21 heavy (non-hydrogen) atoms. The van der Waals surface area contributed by atoms with Crippen molar-refractivity contribution < 1.29 is 14.6 Å². The molecule has 0 radical (unpaired) electrons. The minimum Gasteiger partial charge on any atom is -0.507 e. The highest BCUT2D eigenvalue weighted by Crippen LogP contribution is 2.26. The number of halogens is 1. The van der Waals surface area contributed by atoms with Gasteiger partial charge in [-0.2, -0.15) is 0 Å². The number of carbonyl (C=O) groups excluding carboxylic acids is 1. The first kappa shape index (κ1) is 13.8. The highest BCUT2D eigenvalue weighted by molar-refractivity contribution is 14.1. The van der Waals surface area contributed by atoms with Gasteiger partial charge in [-0.05, 0) is 52.9 Å². The van der Waals surface area contributed by atoms with Gasteiger partial charge in [-0.25, -0.2) is 4.79 Å². The number of fused-ring (bicyclic) bond motifs is 1. The van der Waals surface area contributed by atoms with Gasteiger partial charge in [0.25, 0.3) is 0 Å². The van der Waals surface area contributed by atoms with Gasteiger partial charge in [0.05, 0.1) is 0 Å². The summed E-state index contributed by atoms with van der Waals surface area (Å²) in [5.41, 5.74) is 0.744. The van der Waals surface area contributed by atoms with E-state index in [-0.39, 0.29) is 11.3 Å². The van der Waals surface area contributed by atoms with Crippen LogP contribution in [0.2, 0.25) is 0 Å². The Morgan fingerprint density at radius 1 is 1.14 bits per heavy atom. The number of ether oxygens (including phenoxy) is 1. The van der Waals surface area contributed by atoms with Crippen molar-refractivity contribution >= 4 is 39.5 Å². The van der Waals surface area contributed by atoms with Crippen LogP contribution < -0.4 is 4.74 Å². The summed E-state index contributed by atoms with van der Waals surface area (Å²) >= 11 is 2.07. The van der Waals surface area contributed by atoms with Crippen LogP contribution in [-0.4, -0.2) is 16.1 Å². The van der Waals surface area contributed by atoms with Gasteiger partial charge in [-0.3, -0.25) is 4.98 Å². The molecular weight excluding hydrogens is 381 g/mol. The zero-order valence-corrected chi connectivity index (χ0v) is 12.9. The van der Waals surface area contributed by atoms with E-state index < -0.39 is 5.97 Å². The lowest BCUT2D eigenvalue weighted by Gasteiger charge is -2.08. The number of aromatic hydroxyl groups is 1. The van der Waals surface area contributed by atoms with E-state index in [4.69, 9.17) is 4.74 Å². The Morgan fingerprint density at radius 3 is 2.81 bits per heavy atom. The van der Waals surface area contributed by atoms with Gasteiger partial charge in [-0.15, -0.1) is 0 Å². The SMILES string of the molecule is O=C(Oc1cccc2cccnc12)c1cc(I)ccc1O. The molecule has 0 atom stereocenters. The number of rotatable bonds is 2. The molecule has 5 heteroatoms. The van der Waals surface area contributed by atoms with E-state index in [0.717, 1.165) is 8.96 Å². The number of carbonyl (C=O) groups is 1.